The van der Waals surface area contributed by atoms with Crippen molar-refractivity contribution in [2.45, 2.75) is 0 Å². The maximum Gasteiger partial charge on any atom is 0.357 e. The Morgan fingerprint density at radius 3 is 2.18 bits per heavy atom. The maximum absolute atomic E-state index is 13.1. The lowest BCUT2D eigenvalue weighted by Crippen LogP contribution is -2.49. The fourth-order valence-corrected chi connectivity index (χ4v) is 3.86. The smallest absolute Gasteiger partial charge is 0.357 e. The Morgan fingerprint density at radius 2 is 1.61 bits per heavy atom. The topological polar surface area (TPSA) is 124 Å². The van der Waals surface area contributed by atoms with Gasteiger partial charge in [-0.3, -0.25) is 19.7 Å². The summed E-state index contributed by atoms with van der Waals surface area (Å²) in [7, 11) is 1.51. The molecule has 9 nitrogen and oxygen atoms in total. The van der Waals surface area contributed by atoms with Gasteiger partial charge in [-0.05, 0) is 30.3 Å². The number of nitro groups is 1. The number of benzene rings is 2. The standard InChI is InChI=1S/C21H19FN4O4.CH3Cl.H3N/c1-23-17-5-3-2-4-16(17)18(19(21(23)28)26(29)30)24-10-12-25(13-11-24)20(27)14-6-8-15(22)9-7-14;1-2;/h2-9H,10-13H2,1H3;1H3;1H3. The molecule has 0 atom stereocenters. The Morgan fingerprint density at radius 1 is 1.03 bits per heavy atom. The van der Waals surface area contributed by atoms with Crippen LogP contribution in [0.1, 0.15) is 10.4 Å². The number of carbonyl (C=O) groups excluding carboxylic acids is 1. The van der Waals surface area contributed by atoms with E-state index in [1.807, 2.05) is 0 Å². The Labute approximate surface area is 194 Å². The van der Waals surface area contributed by atoms with Gasteiger partial charge in [-0.2, -0.15) is 0 Å². The first-order valence-electron chi connectivity index (χ1n) is 9.82. The second-order valence-electron chi connectivity index (χ2n) is 7.12. The first kappa shape index (κ1) is 25.8. The van der Waals surface area contributed by atoms with Gasteiger partial charge in [0, 0.05) is 50.6 Å². The molecular formula is C22H25ClFN5O4. The lowest BCUT2D eigenvalue weighted by atomic mass is 10.1. The molecule has 0 aliphatic carbocycles. The molecule has 1 saturated heterocycles. The number of hydrogen-bond acceptors (Lipinski definition) is 6. The summed E-state index contributed by atoms with van der Waals surface area (Å²) in [6, 6.07) is 12.4. The van der Waals surface area contributed by atoms with E-state index in [0.29, 0.717) is 42.6 Å². The van der Waals surface area contributed by atoms with Gasteiger partial charge in [0.25, 0.3) is 5.91 Å². The van der Waals surface area contributed by atoms with Gasteiger partial charge < -0.3 is 20.5 Å². The van der Waals surface area contributed by atoms with Gasteiger partial charge in [-0.25, -0.2) is 4.39 Å². The summed E-state index contributed by atoms with van der Waals surface area (Å²) in [6.45, 7) is 1.34. The molecule has 1 fully saturated rings. The minimum absolute atomic E-state index is 0. The van der Waals surface area contributed by atoms with Crippen molar-refractivity contribution in [3.05, 3.63) is 80.4 Å². The first-order valence-corrected chi connectivity index (χ1v) is 10.6. The first-order chi connectivity index (χ1) is 15.4. The van der Waals surface area contributed by atoms with E-state index in [1.54, 1.807) is 34.1 Å². The maximum atomic E-state index is 13.1. The largest absolute Gasteiger partial charge is 0.362 e. The minimum atomic E-state index is -0.668. The van der Waals surface area contributed by atoms with Crippen LogP contribution in [0.25, 0.3) is 10.9 Å². The molecule has 0 spiro atoms. The minimum Gasteiger partial charge on any atom is -0.362 e. The Kier molecular flexibility index (Phi) is 8.50. The van der Waals surface area contributed by atoms with E-state index in [0.717, 1.165) is 0 Å². The third-order valence-electron chi connectivity index (χ3n) is 5.41. The van der Waals surface area contributed by atoms with Gasteiger partial charge in [0.15, 0.2) is 0 Å². The van der Waals surface area contributed by atoms with Gasteiger partial charge in [-0.1, -0.05) is 18.2 Å². The number of nitrogens with zero attached hydrogens (tertiary/aromatic N) is 4. The fraction of sp³-hybridized carbons (Fsp3) is 0.273. The molecule has 1 aliphatic rings. The molecule has 0 bridgehead atoms. The second kappa shape index (κ2) is 10.9. The van der Waals surface area contributed by atoms with Crippen LogP contribution in [-0.4, -0.2) is 52.9 Å². The zero-order chi connectivity index (χ0) is 23.4. The van der Waals surface area contributed by atoms with Gasteiger partial charge in [-0.15, -0.1) is 11.6 Å². The van der Waals surface area contributed by atoms with Crippen molar-refractivity contribution in [3.8, 4) is 0 Å². The van der Waals surface area contributed by atoms with E-state index in [4.69, 9.17) is 0 Å². The van der Waals surface area contributed by atoms with E-state index in [1.165, 1.54) is 42.3 Å². The molecule has 176 valence electrons. The molecule has 1 amide bonds. The number of halogens is 2. The van der Waals surface area contributed by atoms with Crippen molar-refractivity contribution in [1.82, 2.24) is 15.6 Å². The molecule has 1 aliphatic heterocycles. The molecule has 0 unspecified atom stereocenters. The van der Waals surface area contributed by atoms with Gasteiger partial charge in [0.05, 0.1) is 10.4 Å². The van der Waals surface area contributed by atoms with E-state index < -0.39 is 22.0 Å². The summed E-state index contributed by atoms with van der Waals surface area (Å²) < 4.78 is 14.4. The quantitative estimate of drug-likeness (QED) is 0.349. The number of aromatic nitrogens is 1. The highest BCUT2D eigenvalue weighted by Gasteiger charge is 2.31. The number of hydrogen-bond donors (Lipinski definition) is 1. The van der Waals surface area contributed by atoms with Gasteiger partial charge in [0.2, 0.25) is 0 Å². The van der Waals surface area contributed by atoms with Crippen molar-refractivity contribution in [1.29, 1.82) is 0 Å². The normalized spacial score (nSPS) is 13.1. The number of amides is 1. The molecular weight excluding hydrogens is 453 g/mol. The molecule has 33 heavy (non-hydrogen) atoms. The highest BCUT2D eigenvalue weighted by Crippen LogP contribution is 2.33. The molecule has 0 radical (unpaired) electrons. The van der Waals surface area contributed by atoms with Crippen molar-refractivity contribution in [2.75, 3.05) is 37.5 Å². The summed E-state index contributed by atoms with van der Waals surface area (Å²) in [5.41, 5.74) is 0.142. The van der Waals surface area contributed by atoms with Crippen LogP contribution in [0.2, 0.25) is 0 Å². The third-order valence-corrected chi connectivity index (χ3v) is 5.41. The van der Waals surface area contributed by atoms with Crippen LogP contribution in [-0.2, 0) is 7.05 Å². The zero-order valence-electron chi connectivity index (χ0n) is 18.3. The number of aryl methyl sites for hydroxylation is 1. The molecule has 2 heterocycles. The molecule has 11 heteroatoms. The van der Waals surface area contributed by atoms with E-state index in [-0.39, 0.29) is 17.7 Å². The number of para-hydroxylation sites is 1. The SMILES string of the molecule is CCl.Cn1c(=O)c([N+](=O)[O-])c(N2CCN(C(=O)c3ccc(F)cc3)CC2)c2ccccc21.N. The number of alkyl halides is 1. The van der Waals surface area contributed by atoms with Crippen LogP contribution in [0.4, 0.5) is 15.8 Å². The summed E-state index contributed by atoms with van der Waals surface area (Å²) in [6.07, 6.45) is 1.47. The summed E-state index contributed by atoms with van der Waals surface area (Å²) in [5, 5.41) is 12.4. The second-order valence-corrected chi connectivity index (χ2v) is 7.12. The van der Waals surface area contributed by atoms with E-state index in [2.05, 4.69) is 11.6 Å². The highest BCUT2D eigenvalue weighted by atomic mass is 35.5. The number of fused-ring (bicyclic) bond motifs is 1. The van der Waals surface area contributed by atoms with Crippen LogP contribution >= 0.6 is 11.6 Å². The number of rotatable bonds is 3. The van der Waals surface area contributed by atoms with Crippen molar-refractivity contribution in [2.24, 2.45) is 7.05 Å². The predicted octanol–water partition coefficient (Wildman–Crippen LogP) is 3.57. The van der Waals surface area contributed by atoms with E-state index >= 15 is 0 Å². The summed E-state index contributed by atoms with van der Waals surface area (Å²) in [5.74, 6) is -0.640. The molecule has 0 saturated carbocycles. The monoisotopic (exact) mass is 477 g/mol. The highest BCUT2D eigenvalue weighted by molar-refractivity contribution is 6.15. The average Bonchev–Trinajstić information content (AvgIpc) is 2.82. The van der Waals surface area contributed by atoms with Crippen molar-refractivity contribution < 1.29 is 14.1 Å². The lowest BCUT2D eigenvalue weighted by Gasteiger charge is -2.36. The van der Waals surface area contributed by atoms with Crippen LogP contribution in [0.5, 0.6) is 0 Å². The Balaban J connectivity index is 0.00000125. The average molecular weight is 478 g/mol. The molecule has 1 aromatic heterocycles. The number of pyridine rings is 1. The predicted molar refractivity (Wildman–Crippen MR) is 127 cm³/mol. The number of piperazine rings is 1. The Hall–Kier alpha value is -3.50. The molecule has 3 N–H and O–H groups in total. The molecule has 4 rings (SSSR count). The third kappa shape index (κ3) is 4.96. The van der Waals surface area contributed by atoms with Crippen molar-refractivity contribution in [3.63, 3.8) is 0 Å². The van der Waals surface area contributed by atoms with Gasteiger partial charge >= 0.3 is 11.2 Å². The fourth-order valence-electron chi connectivity index (χ4n) is 3.86. The van der Waals surface area contributed by atoms with Crippen molar-refractivity contribution >= 4 is 39.8 Å². The number of carbonyl (C=O) groups is 1. The lowest BCUT2D eigenvalue weighted by molar-refractivity contribution is -0.385. The molecule has 3 aromatic rings. The van der Waals surface area contributed by atoms with Crippen LogP contribution in [0, 0.1) is 15.9 Å². The van der Waals surface area contributed by atoms with E-state index in [9.17, 15) is 24.1 Å². The summed E-state index contributed by atoms with van der Waals surface area (Å²) >= 11 is 4.64. The number of anilines is 1. The zero-order valence-corrected chi connectivity index (χ0v) is 19.1. The van der Waals surface area contributed by atoms with Crippen LogP contribution in [0.15, 0.2) is 53.3 Å². The Bertz CT molecular complexity index is 1210. The molecule has 2 aromatic carbocycles. The van der Waals surface area contributed by atoms with Crippen LogP contribution in [0.3, 0.4) is 0 Å². The summed E-state index contributed by atoms with van der Waals surface area (Å²) in [4.78, 5) is 39.8. The van der Waals surface area contributed by atoms with Crippen LogP contribution < -0.4 is 16.6 Å². The van der Waals surface area contributed by atoms with Gasteiger partial charge in [0.1, 0.15) is 11.5 Å².